The summed E-state index contributed by atoms with van der Waals surface area (Å²) in [5, 5.41) is 3.11. The molecule has 33 heavy (non-hydrogen) atoms. The maximum absolute atomic E-state index is 13.3. The molecule has 9 heteroatoms. The number of hydrogen-bond donors (Lipinski definition) is 1. The number of aryl methyl sites for hydroxylation is 1. The van der Waals surface area contributed by atoms with E-state index in [0.29, 0.717) is 22.2 Å². The van der Waals surface area contributed by atoms with Crippen LogP contribution in [0.4, 0.5) is 5.69 Å². The van der Waals surface area contributed by atoms with Gasteiger partial charge in [0.2, 0.25) is 5.91 Å². The summed E-state index contributed by atoms with van der Waals surface area (Å²) < 4.78 is 38.4. The standard InChI is InChI=1S/C24H25ClN2O5S/c1-18-11-12-19(15-23(18)25)27(33(29,30)22-9-4-3-5-10-22)17-24(28)26-13-14-32-21-8-6-7-20(16-21)31-2/h3-12,15-16H,13-14,17H2,1-2H3,(H,26,28). The fraction of sp³-hybridized carbons (Fsp3) is 0.208. The lowest BCUT2D eigenvalue weighted by Crippen LogP contribution is -2.42. The van der Waals surface area contributed by atoms with E-state index >= 15 is 0 Å². The lowest BCUT2D eigenvalue weighted by Gasteiger charge is -2.24. The summed E-state index contributed by atoms with van der Waals surface area (Å²) >= 11 is 6.23. The molecule has 0 heterocycles. The second kappa shape index (κ2) is 11.1. The van der Waals surface area contributed by atoms with Crippen LogP contribution < -0.4 is 19.1 Å². The summed E-state index contributed by atoms with van der Waals surface area (Å²) in [6.07, 6.45) is 0. The molecule has 1 N–H and O–H groups in total. The van der Waals surface area contributed by atoms with E-state index in [9.17, 15) is 13.2 Å². The van der Waals surface area contributed by atoms with Crippen LogP contribution in [0.1, 0.15) is 5.56 Å². The quantitative estimate of drug-likeness (QED) is 0.435. The first-order valence-electron chi connectivity index (χ1n) is 10.2. The molecule has 1 amide bonds. The monoisotopic (exact) mass is 488 g/mol. The smallest absolute Gasteiger partial charge is 0.264 e. The molecule has 0 saturated heterocycles. The third kappa shape index (κ3) is 6.40. The highest BCUT2D eigenvalue weighted by Crippen LogP contribution is 2.28. The molecule has 7 nitrogen and oxygen atoms in total. The van der Waals surface area contributed by atoms with Crippen LogP contribution in [0.25, 0.3) is 0 Å². The molecule has 174 valence electrons. The Hall–Kier alpha value is -3.23. The second-order valence-corrected chi connectivity index (χ2v) is 9.41. The van der Waals surface area contributed by atoms with Gasteiger partial charge in [0, 0.05) is 11.1 Å². The molecule has 0 unspecified atom stereocenters. The maximum atomic E-state index is 13.3. The number of halogens is 1. The zero-order valence-corrected chi connectivity index (χ0v) is 19.9. The predicted molar refractivity (Wildman–Crippen MR) is 129 cm³/mol. The van der Waals surface area contributed by atoms with Crippen molar-refractivity contribution in [3.05, 3.63) is 83.4 Å². The summed E-state index contributed by atoms with van der Waals surface area (Å²) in [5.41, 5.74) is 1.11. The van der Waals surface area contributed by atoms with Crippen LogP contribution in [-0.4, -0.2) is 41.1 Å². The number of carbonyl (C=O) groups excluding carboxylic acids is 1. The molecule has 0 aliphatic rings. The number of rotatable bonds is 10. The molecular weight excluding hydrogens is 464 g/mol. The Labute approximate surface area is 198 Å². The molecule has 3 rings (SSSR count). The molecular formula is C24H25ClN2O5S. The lowest BCUT2D eigenvalue weighted by molar-refractivity contribution is -0.119. The van der Waals surface area contributed by atoms with Gasteiger partial charge in [-0.25, -0.2) is 8.42 Å². The van der Waals surface area contributed by atoms with Crippen molar-refractivity contribution >= 4 is 33.2 Å². The molecule has 0 saturated carbocycles. The Morgan fingerprint density at radius 3 is 2.42 bits per heavy atom. The number of nitrogens with one attached hydrogen (secondary N) is 1. The summed E-state index contributed by atoms with van der Waals surface area (Å²) in [6, 6.07) is 19.9. The van der Waals surface area contributed by atoms with Crippen molar-refractivity contribution in [1.82, 2.24) is 5.32 Å². The maximum Gasteiger partial charge on any atom is 0.264 e. The Morgan fingerprint density at radius 1 is 1.00 bits per heavy atom. The van der Waals surface area contributed by atoms with E-state index in [0.717, 1.165) is 9.87 Å². The molecule has 0 spiro atoms. The first-order chi connectivity index (χ1) is 15.8. The number of ether oxygens (including phenoxy) is 2. The van der Waals surface area contributed by atoms with Crippen molar-refractivity contribution in [3.63, 3.8) is 0 Å². The third-order valence-electron chi connectivity index (χ3n) is 4.80. The number of amides is 1. The fourth-order valence-electron chi connectivity index (χ4n) is 3.01. The van der Waals surface area contributed by atoms with Crippen molar-refractivity contribution in [2.75, 3.05) is 31.1 Å². The Bertz CT molecular complexity index is 1200. The van der Waals surface area contributed by atoms with Crippen molar-refractivity contribution < 1.29 is 22.7 Å². The minimum absolute atomic E-state index is 0.0795. The second-order valence-electron chi connectivity index (χ2n) is 7.14. The van der Waals surface area contributed by atoms with Gasteiger partial charge in [-0.1, -0.05) is 41.9 Å². The van der Waals surface area contributed by atoms with Crippen LogP contribution in [0.3, 0.4) is 0 Å². The number of benzene rings is 3. The van der Waals surface area contributed by atoms with Crippen molar-refractivity contribution in [1.29, 1.82) is 0 Å². The van der Waals surface area contributed by atoms with Gasteiger partial charge in [-0.2, -0.15) is 0 Å². The molecule has 0 aliphatic carbocycles. The van der Waals surface area contributed by atoms with Gasteiger partial charge in [0.05, 0.1) is 24.2 Å². The molecule has 3 aromatic carbocycles. The molecule has 0 fully saturated rings. The molecule has 0 atom stereocenters. The highest BCUT2D eigenvalue weighted by molar-refractivity contribution is 7.92. The van der Waals surface area contributed by atoms with E-state index < -0.39 is 22.5 Å². The van der Waals surface area contributed by atoms with E-state index in [1.165, 1.54) is 18.2 Å². The third-order valence-corrected chi connectivity index (χ3v) is 6.99. The van der Waals surface area contributed by atoms with E-state index in [1.807, 2.05) is 6.92 Å². The van der Waals surface area contributed by atoms with Gasteiger partial charge in [0.15, 0.2) is 0 Å². The van der Waals surface area contributed by atoms with Crippen molar-refractivity contribution in [3.8, 4) is 11.5 Å². The van der Waals surface area contributed by atoms with Gasteiger partial charge in [-0.15, -0.1) is 0 Å². The van der Waals surface area contributed by atoms with E-state index in [2.05, 4.69) is 5.32 Å². The van der Waals surface area contributed by atoms with Crippen LogP contribution in [0.15, 0.2) is 77.7 Å². The van der Waals surface area contributed by atoms with Gasteiger partial charge in [0.25, 0.3) is 10.0 Å². The summed E-state index contributed by atoms with van der Waals surface area (Å²) in [7, 11) is -2.43. The van der Waals surface area contributed by atoms with Gasteiger partial charge in [0.1, 0.15) is 24.7 Å². The van der Waals surface area contributed by atoms with Gasteiger partial charge < -0.3 is 14.8 Å². The number of carbonyl (C=O) groups is 1. The number of methoxy groups -OCH3 is 1. The van der Waals surface area contributed by atoms with Gasteiger partial charge >= 0.3 is 0 Å². The first-order valence-corrected chi connectivity index (χ1v) is 12.0. The van der Waals surface area contributed by atoms with E-state index in [-0.39, 0.29) is 18.0 Å². The molecule has 0 bridgehead atoms. The summed E-state index contributed by atoms with van der Waals surface area (Å²) in [6.45, 7) is 1.82. The van der Waals surface area contributed by atoms with Crippen LogP contribution in [0, 0.1) is 6.92 Å². The SMILES string of the molecule is COc1cccc(OCCNC(=O)CN(c2ccc(C)c(Cl)c2)S(=O)(=O)c2ccccc2)c1. The largest absolute Gasteiger partial charge is 0.497 e. The molecule has 0 aliphatic heterocycles. The van der Waals surface area contributed by atoms with E-state index in [1.54, 1.807) is 61.7 Å². The molecule has 3 aromatic rings. The topological polar surface area (TPSA) is 84.9 Å². The highest BCUT2D eigenvalue weighted by atomic mass is 35.5. The minimum Gasteiger partial charge on any atom is -0.497 e. The fourth-order valence-corrected chi connectivity index (χ4v) is 4.62. The predicted octanol–water partition coefficient (Wildman–Crippen LogP) is 4.05. The van der Waals surface area contributed by atoms with Crippen LogP contribution in [0.5, 0.6) is 11.5 Å². The van der Waals surface area contributed by atoms with E-state index in [4.69, 9.17) is 21.1 Å². The van der Waals surface area contributed by atoms with Gasteiger partial charge in [-0.05, 0) is 48.9 Å². The highest BCUT2D eigenvalue weighted by Gasteiger charge is 2.27. The van der Waals surface area contributed by atoms with Crippen LogP contribution in [-0.2, 0) is 14.8 Å². The van der Waals surface area contributed by atoms with Crippen LogP contribution >= 0.6 is 11.6 Å². The Balaban J connectivity index is 1.70. The lowest BCUT2D eigenvalue weighted by atomic mass is 10.2. The normalized spacial score (nSPS) is 11.0. The number of anilines is 1. The first kappa shape index (κ1) is 24.4. The zero-order valence-electron chi connectivity index (χ0n) is 18.3. The number of hydrogen-bond acceptors (Lipinski definition) is 5. The van der Waals surface area contributed by atoms with Crippen LogP contribution in [0.2, 0.25) is 5.02 Å². The van der Waals surface area contributed by atoms with Gasteiger partial charge in [-0.3, -0.25) is 9.10 Å². The number of nitrogens with zero attached hydrogens (tertiary/aromatic N) is 1. The van der Waals surface area contributed by atoms with Crippen molar-refractivity contribution in [2.45, 2.75) is 11.8 Å². The summed E-state index contributed by atoms with van der Waals surface area (Å²) in [5.74, 6) is 0.793. The average Bonchev–Trinajstić information content (AvgIpc) is 2.83. The number of sulfonamides is 1. The molecule has 0 aromatic heterocycles. The minimum atomic E-state index is -3.99. The Morgan fingerprint density at radius 2 is 1.73 bits per heavy atom. The zero-order chi connectivity index (χ0) is 23.8. The summed E-state index contributed by atoms with van der Waals surface area (Å²) in [4.78, 5) is 12.7. The molecule has 0 radical (unpaired) electrons. The Kier molecular flexibility index (Phi) is 8.19. The average molecular weight is 489 g/mol. The van der Waals surface area contributed by atoms with Crippen molar-refractivity contribution in [2.24, 2.45) is 0 Å².